The molecular weight excluding hydrogens is 272 g/mol. The van der Waals surface area contributed by atoms with E-state index in [-0.39, 0.29) is 12.5 Å². The fourth-order valence-corrected chi connectivity index (χ4v) is 1.90. The fraction of sp³-hybridized carbons (Fsp3) is 0.200. The summed E-state index contributed by atoms with van der Waals surface area (Å²) in [6.45, 7) is 0.965. The first-order valence-corrected chi connectivity index (χ1v) is 6.53. The van der Waals surface area contributed by atoms with Crippen LogP contribution >= 0.6 is 0 Å². The summed E-state index contributed by atoms with van der Waals surface area (Å²) < 4.78 is 16.2. The quantitative estimate of drug-likeness (QED) is 0.929. The van der Waals surface area contributed by atoms with Gasteiger partial charge in [-0.1, -0.05) is 0 Å². The molecule has 0 unspecified atom stereocenters. The summed E-state index contributed by atoms with van der Waals surface area (Å²) in [5, 5.41) is 2.74. The maximum Gasteiger partial charge on any atom is 0.262 e. The number of pyridine rings is 1. The number of carbonyl (C=O) groups is 1. The van der Waals surface area contributed by atoms with Crippen LogP contribution in [0.5, 0.6) is 17.2 Å². The Morgan fingerprint density at radius 2 is 2.10 bits per heavy atom. The molecule has 0 saturated heterocycles. The third-order valence-corrected chi connectivity index (χ3v) is 2.83. The normalized spacial score (nSPS) is 12.6. The first-order valence-electron chi connectivity index (χ1n) is 6.53. The van der Waals surface area contributed by atoms with Crippen LogP contribution in [0.3, 0.4) is 0 Å². The van der Waals surface area contributed by atoms with Crippen molar-refractivity contribution in [3.63, 3.8) is 0 Å². The van der Waals surface area contributed by atoms with Crippen molar-refractivity contribution in [1.82, 2.24) is 4.98 Å². The molecule has 2 aromatic rings. The molecule has 21 heavy (non-hydrogen) atoms. The molecule has 1 amide bonds. The van der Waals surface area contributed by atoms with Crippen molar-refractivity contribution in [1.29, 1.82) is 0 Å². The second-order valence-corrected chi connectivity index (χ2v) is 4.38. The average molecular weight is 286 g/mol. The second-order valence-electron chi connectivity index (χ2n) is 4.38. The minimum Gasteiger partial charge on any atom is -0.486 e. The van der Waals surface area contributed by atoms with Crippen molar-refractivity contribution < 1.29 is 19.0 Å². The van der Waals surface area contributed by atoms with E-state index in [9.17, 15) is 4.79 Å². The highest BCUT2D eigenvalue weighted by molar-refractivity contribution is 5.92. The number of hydrogen-bond donors (Lipinski definition) is 1. The second kappa shape index (κ2) is 6.13. The van der Waals surface area contributed by atoms with Gasteiger partial charge in [0.2, 0.25) is 0 Å². The van der Waals surface area contributed by atoms with Crippen LogP contribution in [0.15, 0.2) is 42.7 Å². The first kappa shape index (κ1) is 13.2. The number of rotatable bonds is 4. The van der Waals surface area contributed by atoms with Crippen LogP contribution in [0.1, 0.15) is 0 Å². The lowest BCUT2D eigenvalue weighted by Crippen LogP contribution is -2.20. The van der Waals surface area contributed by atoms with E-state index in [1.54, 1.807) is 42.7 Å². The molecule has 0 aliphatic carbocycles. The number of hydrogen-bond acceptors (Lipinski definition) is 5. The number of fused-ring (bicyclic) bond motifs is 1. The van der Waals surface area contributed by atoms with Gasteiger partial charge in [0, 0.05) is 18.0 Å². The first-order chi connectivity index (χ1) is 10.3. The van der Waals surface area contributed by atoms with Gasteiger partial charge in [-0.3, -0.25) is 9.78 Å². The van der Waals surface area contributed by atoms with Gasteiger partial charge < -0.3 is 19.5 Å². The minimum atomic E-state index is -0.254. The summed E-state index contributed by atoms with van der Waals surface area (Å²) in [5.74, 6) is 1.61. The van der Waals surface area contributed by atoms with Crippen LogP contribution in [0.4, 0.5) is 5.69 Å². The summed E-state index contributed by atoms with van der Waals surface area (Å²) in [7, 11) is 0. The molecule has 108 valence electrons. The molecule has 1 aromatic heterocycles. The summed E-state index contributed by atoms with van der Waals surface area (Å²) in [5.41, 5.74) is 0.638. The van der Waals surface area contributed by atoms with Crippen LogP contribution in [0.25, 0.3) is 0 Å². The number of carbonyl (C=O) groups excluding carboxylic acids is 1. The highest BCUT2D eigenvalue weighted by atomic mass is 16.6. The fourth-order valence-electron chi connectivity index (χ4n) is 1.90. The van der Waals surface area contributed by atoms with Crippen LogP contribution in [-0.2, 0) is 4.79 Å². The predicted molar refractivity (Wildman–Crippen MR) is 75.8 cm³/mol. The lowest BCUT2D eigenvalue weighted by atomic mass is 10.2. The highest BCUT2D eigenvalue weighted by Gasteiger charge is 2.12. The van der Waals surface area contributed by atoms with Gasteiger partial charge in [-0.15, -0.1) is 0 Å². The number of nitrogens with zero attached hydrogens (tertiary/aromatic N) is 1. The average Bonchev–Trinajstić information content (AvgIpc) is 2.54. The van der Waals surface area contributed by atoms with Crippen LogP contribution < -0.4 is 19.5 Å². The van der Waals surface area contributed by atoms with Gasteiger partial charge in [0.15, 0.2) is 18.1 Å². The summed E-state index contributed by atoms with van der Waals surface area (Å²) in [6, 6.07) is 8.75. The molecule has 0 saturated carbocycles. The molecule has 0 bridgehead atoms. The van der Waals surface area contributed by atoms with Crippen molar-refractivity contribution >= 4 is 11.6 Å². The predicted octanol–water partition coefficient (Wildman–Crippen LogP) is 1.87. The molecule has 3 rings (SSSR count). The van der Waals surface area contributed by atoms with Gasteiger partial charge in [0.1, 0.15) is 19.0 Å². The Morgan fingerprint density at radius 1 is 1.24 bits per heavy atom. The largest absolute Gasteiger partial charge is 0.486 e. The number of nitrogens with one attached hydrogen (secondary N) is 1. The zero-order chi connectivity index (χ0) is 14.5. The molecule has 1 N–H and O–H groups in total. The lowest BCUT2D eigenvalue weighted by Gasteiger charge is -2.19. The van der Waals surface area contributed by atoms with Crippen molar-refractivity contribution in [3.8, 4) is 17.2 Å². The van der Waals surface area contributed by atoms with E-state index in [4.69, 9.17) is 14.2 Å². The number of amides is 1. The Hall–Kier alpha value is -2.76. The lowest BCUT2D eigenvalue weighted by molar-refractivity contribution is -0.118. The molecule has 0 spiro atoms. The van der Waals surface area contributed by atoms with E-state index in [1.165, 1.54) is 0 Å². The van der Waals surface area contributed by atoms with Crippen molar-refractivity contribution in [2.45, 2.75) is 0 Å². The van der Waals surface area contributed by atoms with E-state index in [2.05, 4.69) is 10.3 Å². The summed E-state index contributed by atoms with van der Waals surface area (Å²) in [6.07, 6.45) is 3.19. The maximum absolute atomic E-state index is 11.8. The molecule has 1 aliphatic heterocycles. The molecular formula is C15H14N2O4. The molecule has 2 heterocycles. The summed E-state index contributed by atoms with van der Waals surface area (Å²) in [4.78, 5) is 15.7. The SMILES string of the molecule is O=C(COc1cccnc1)Nc1ccc2c(c1)OCCO2. The Kier molecular flexibility index (Phi) is 3.86. The smallest absolute Gasteiger partial charge is 0.262 e. The monoisotopic (exact) mass is 286 g/mol. The van der Waals surface area contributed by atoms with Gasteiger partial charge in [0.25, 0.3) is 5.91 Å². The van der Waals surface area contributed by atoms with E-state index >= 15 is 0 Å². The molecule has 6 nitrogen and oxygen atoms in total. The Bertz CT molecular complexity index is 631. The number of anilines is 1. The molecule has 1 aliphatic rings. The number of ether oxygens (including phenoxy) is 3. The minimum absolute atomic E-state index is 0.0832. The van der Waals surface area contributed by atoms with Gasteiger partial charge in [-0.05, 0) is 24.3 Å². The van der Waals surface area contributed by atoms with E-state index < -0.39 is 0 Å². The Labute approximate surface area is 121 Å². The zero-order valence-corrected chi connectivity index (χ0v) is 11.2. The Morgan fingerprint density at radius 3 is 2.90 bits per heavy atom. The van der Waals surface area contributed by atoms with Crippen LogP contribution in [0, 0.1) is 0 Å². The third-order valence-electron chi connectivity index (χ3n) is 2.83. The van der Waals surface area contributed by atoms with Gasteiger partial charge in [0.05, 0.1) is 6.20 Å². The van der Waals surface area contributed by atoms with Crippen LogP contribution in [-0.4, -0.2) is 30.7 Å². The maximum atomic E-state index is 11.8. The zero-order valence-electron chi connectivity index (χ0n) is 11.2. The van der Waals surface area contributed by atoms with Gasteiger partial charge >= 0.3 is 0 Å². The van der Waals surface area contributed by atoms with Crippen molar-refractivity contribution in [2.24, 2.45) is 0 Å². The van der Waals surface area contributed by atoms with E-state index in [0.717, 1.165) is 0 Å². The number of aromatic nitrogens is 1. The summed E-state index contributed by atoms with van der Waals surface area (Å²) >= 11 is 0. The topological polar surface area (TPSA) is 69.7 Å². The van der Waals surface area contributed by atoms with Crippen LogP contribution in [0.2, 0.25) is 0 Å². The molecule has 0 fully saturated rings. The third kappa shape index (κ3) is 3.42. The van der Waals surface area contributed by atoms with Crippen molar-refractivity contribution in [2.75, 3.05) is 25.1 Å². The van der Waals surface area contributed by atoms with E-state index in [0.29, 0.717) is 36.1 Å². The van der Waals surface area contributed by atoms with Crippen molar-refractivity contribution in [3.05, 3.63) is 42.7 Å². The highest BCUT2D eigenvalue weighted by Crippen LogP contribution is 2.32. The Balaban J connectivity index is 1.57. The van der Waals surface area contributed by atoms with E-state index in [1.807, 2.05) is 0 Å². The van der Waals surface area contributed by atoms with Gasteiger partial charge in [-0.2, -0.15) is 0 Å². The molecule has 1 aromatic carbocycles. The molecule has 0 radical (unpaired) electrons. The molecule has 6 heteroatoms. The number of benzene rings is 1. The standard InChI is InChI=1S/C15H14N2O4/c18-15(10-21-12-2-1-5-16-9-12)17-11-3-4-13-14(8-11)20-7-6-19-13/h1-5,8-9H,6-7,10H2,(H,17,18). The van der Waals surface area contributed by atoms with Gasteiger partial charge in [-0.25, -0.2) is 0 Å². The molecule has 0 atom stereocenters.